The SMILES string of the molecule is CCC(c1ccc(C(F)(F)F)cc1)N1C(=O)CCC1C(=O)OC. The quantitative estimate of drug-likeness (QED) is 0.796. The Morgan fingerprint density at radius 2 is 1.96 bits per heavy atom. The molecular formula is C16H18F3NO3. The predicted molar refractivity (Wildman–Crippen MR) is 76.4 cm³/mol. The molecule has 1 fully saturated rings. The van der Waals surface area contributed by atoms with E-state index >= 15 is 0 Å². The van der Waals surface area contributed by atoms with E-state index in [4.69, 9.17) is 4.74 Å². The number of alkyl halides is 3. The Morgan fingerprint density at radius 3 is 2.43 bits per heavy atom. The third-order valence-electron chi connectivity index (χ3n) is 4.07. The maximum atomic E-state index is 12.7. The van der Waals surface area contributed by atoms with Crippen LogP contribution in [0.2, 0.25) is 0 Å². The van der Waals surface area contributed by atoms with Crippen molar-refractivity contribution in [2.75, 3.05) is 7.11 Å². The van der Waals surface area contributed by atoms with Crippen LogP contribution in [0.15, 0.2) is 24.3 Å². The number of rotatable bonds is 4. The molecule has 126 valence electrons. The fourth-order valence-electron chi connectivity index (χ4n) is 2.95. The molecule has 2 unspecified atom stereocenters. The minimum Gasteiger partial charge on any atom is -0.467 e. The highest BCUT2D eigenvalue weighted by Crippen LogP contribution is 2.35. The van der Waals surface area contributed by atoms with Crippen molar-refractivity contribution >= 4 is 11.9 Å². The fraction of sp³-hybridized carbons (Fsp3) is 0.500. The number of methoxy groups -OCH3 is 1. The Balaban J connectivity index is 2.31. The number of carbonyl (C=O) groups is 2. The minimum atomic E-state index is -4.40. The molecule has 23 heavy (non-hydrogen) atoms. The van der Waals surface area contributed by atoms with Crippen LogP contribution < -0.4 is 0 Å². The van der Waals surface area contributed by atoms with Crippen molar-refractivity contribution in [3.05, 3.63) is 35.4 Å². The molecule has 1 amide bonds. The van der Waals surface area contributed by atoms with Gasteiger partial charge in [0.05, 0.1) is 18.7 Å². The Kier molecular flexibility index (Phi) is 4.97. The maximum Gasteiger partial charge on any atom is 0.416 e. The van der Waals surface area contributed by atoms with Gasteiger partial charge in [0.25, 0.3) is 0 Å². The van der Waals surface area contributed by atoms with Crippen molar-refractivity contribution in [3.8, 4) is 0 Å². The van der Waals surface area contributed by atoms with Gasteiger partial charge in [-0.05, 0) is 30.5 Å². The molecular weight excluding hydrogens is 311 g/mol. The smallest absolute Gasteiger partial charge is 0.416 e. The van der Waals surface area contributed by atoms with Crippen LogP contribution in [0.4, 0.5) is 13.2 Å². The summed E-state index contributed by atoms with van der Waals surface area (Å²) in [7, 11) is 1.25. The molecule has 0 aromatic heterocycles. The first-order valence-corrected chi connectivity index (χ1v) is 7.35. The number of ether oxygens (including phenoxy) is 1. The van der Waals surface area contributed by atoms with E-state index in [0.29, 0.717) is 18.4 Å². The number of nitrogens with zero attached hydrogens (tertiary/aromatic N) is 1. The fourth-order valence-corrected chi connectivity index (χ4v) is 2.95. The third kappa shape index (κ3) is 3.48. The molecule has 0 radical (unpaired) electrons. The van der Waals surface area contributed by atoms with Crippen LogP contribution in [0.3, 0.4) is 0 Å². The van der Waals surface area contributed by atoms with Crippen LogP contribution in [0.25, 0.3) is 0 Å². The van der Waals surface area contributed by atoms with Crippen molar-refractivity contribution in [2.24, 2.45) is 0 Å². The highest BCUT2D eigenvalue weighted by molar-refractivity contribution is 5.88. The van der Waals surface area contributed by atoms with E-state index in [-0.39, 0.29) is 12.3 Å². The highest BCUT2D eigenvalue weighted by Gasteiger charge is 2.41. The zero-order chi connectivity index (χ0) is 17.2. The number of hydrogen-bond donors (Lipinski definition) is 0. The molecule has 0 N–H and O–H groups in total. The lowest BCUT2D eigenvalue weighted by Crippen LogP contribution is -2.41. The number of benzene rings is 1. The molecule has 0 bridgehead atoms. The van der Waals surface area contributed by atoms with Crippen LogP contribution in [0.1, 0.15) is 43.4 Å². The van der Waals surface area contributed by atoms with E-state index in [1.807, 2.05) is 6.92 Å². The second-order valence-electron chi connectivity index (χ2n) is 5.42. The van der Waals surface area contributed by atoms with Gasteiger partial charge in [-0.15, -0.1) is 0 Å². The second kappa shape index (κ2) is 6.60. The molecule has 2 rings (SSSR count). The number of esters is 1. The molecule has 1 aromatic rings. The lowest BCUT2D eigenvalue weighted by molar-refractivity contribution is -0.151. The van der Waals surface area contributed by atoms with Crippen LogP contribution in [0.5, 0.6) is 0 Å². The maximum absolute atomic E-state index is 12.7. The van der Waals surface area contributed by atoms with Gasteiger partial charge in [-0.2, -0.15) is 13.2 Å². The third-order valence-corrected chi connectivity index (χ3v) is 4.07. The molecule has 1 aliphatic rings. The summed E-state index contributed by atoms with van der Waals surface area (Å²) >= 11 is 0. The van der Waals surface area contributed by atoms with Crippen molar-refractivity contribution in [2.45, 2.75) is 44.4 Å². The number of amides is 1. The average Bonchev–Trinajstić information content (AvgIpc) is 2.89. The van der Waals surface area contributed by atoms with Crippen molar-refractivity contribution in [1.29, 1.82) is 0 Å². The van der Waals surface area contributed by atoms with Gasteiger partial charge in [-0.25, -0.2) is 4.79 Å². The Bertz CT molecular complexity index is 583. The summed E-state index contributed by atoms with van der Waals surface area (Å²) < 4.78 is 42.7. The Morgan fingerprint density at radius 1 is 1.35 bits per heavy atom. The summed E-state index contributed by atoms with van der Waals surface area (Å²) in [5.41, 5.74) is -0.168. The topological polar surface area (TPSA) is 46.6 Å². The normalized spacial score (nSPS) is 19.8. The molecule has 0 saturated carbocycles. The number of halogens is 3. The first-order valence-electron chi connectivity index (χ1n) is 7.35. The zero-order valence-electron chi connectivity index (χ0n) is 12.9. The summed E-state index contributed by atoms with van der Waals surface area (Å²) in [6, 6.07) is 3.57. The van der Waals surface area contributed by atoms with E-state index < -0.39 is 29.8 Å². The molecule has 0 spiro atoms. The van der Waals surface area contributed by atoms with E-state index in [9.17, 15) is 22.8 Å². The molecule has 1 aliphatic heterocycles. The molecule has 1 saturated heterocycles. The molecule has 0 aliphatic carbocycles. The van der Waals surface area contributed by atoms with Gasteiger partial charge in [0.15, 0.2) is 0 Å². The van der Waals surface area contributed by atoms with Crippen LogP contribution in [0, 0.1) is 0 Å². The Hall–Kier alpha value is -2.05. The monoisotopic (exact) mass is 329 g/mol. The van der Waals surface area contributed by atoms with E-state index in [0.717, 1.165) is 12.1 Å². The average molecular weight is 329 g/mol. The number of hydrogen-bond acceptors (Lipinski definition) is 3. The van der Waals surface area contributed by atoms with Gasteiger partial charge in [0.2, 0.25) is 5.91 Å². The van der Waals surface area contributed by atoms with Gasteiger partial charge in [0, 0.05) is 6.42 Å². The van der Waals surface area contributed by atoms with Crippen molar-refractivity contribution < 1.29 is 27.5 Å². The number of carbonyl (C=O) groups excluding carboxylic acids is 2. The first kappa shape index (κ1) is 17.3. The summed E-state index contributed by atoms with van der Waals surface area (Å²) in [5, 5.41) is 0. The predicted octanol–water partition coefficient (Wildman–Crippen LogP) is 3.32. The molecule has 4 nitrogen and oxygen atoms in total. The molecule has 1 heterocycles. The first-order chi connectivity index (χ1) is 10.8. The van der Waals surface area contributed by atoms with Crippen LogP contribution >= 0.6 is 0 Å². The molecule has 1 aromatic carbocycles. The lowest BCUT2D eigenvalue weighted by Gasteiger charge is -2.31. The van der Waals surface area contributed by atoms with E-state index in [1.165, 1.54) is 24.1 Å². The van der Waals surface area contributed by atoms with Gasteiger partial charge >= 0.3 is 12.1 Å². The van der Waals surface area contributed by atoms with Crippen LogP contribution in [-0.2, 0) is 20.5 Å². The van der Waals surface area contributed by atoms with Gasteiger partial charge in [-0.1, -0.05) is 19.1 Å². The Labute approximate surface area is 132 Å². The van der Waals surface area contributed by atoms with Gasteiger partial charge in [-0.3, -0.25) is 4.79 Å². The molecule has 7 heteroatoms. The lowest BCUT2D eigenvalue weighted by atomic mass is 10.00. The summed E-state index contributed by atoms with van der Waals surface area (Å²) in [4.78, 5) is 25.4. The standard InChI is InChI=1S/C16H18F3NO3/c1-3-12(10-4-6-11(7-5-10)16(17,18)19)20-13(15(22)23-2)8-9-14(20)21/h4-7,12-13H,3,8-9H2,1-2H3. The summed E-state index contributed by atoms with van der Waals surface area (Å²) in [6.45, 7) is 1.82. The molecule has 2 atom stereocenters. The number of likely N-dealkylation sites (tertiary alicyclic amines) is 1. The van der Waals surface area contributed by atoms with E-state index in [1.54, 1.807) is 0 Å². The summed E-state index contributed by atoms with van der Waals surface area (Å²) in [6.07, 6.45) is -3.32. The largest absolute Gasteiger partial charge is 0.467 e. The van der Waals surface area contributed by atoms with Crippen LogP contribution in [-0.4, -0.2) is 29.9 Å². The minimum absolute atomic E-state index is 0.188. The van der Waals surface area contributed by atoms with Crippen molar-refractivity contribution in [1.82, 2.24) is 4.90 Å². The van der Waals surface area contributed by atoms with Gasteiger partial charge in [0.1, 0.15) is 6.04 Å². The second-order valence-corrected chi connectivity index (χ2v) is 5.42. The highest BCUT2D eigenvalue weighted by atomic mass is 19.4. The van der Waals surface area contributed by atoms with E-state index in [2.05, 4.69) is 0 Å². The van der Waals surface area contributed by atoms with Gasteiger partial charge < -0.3 is 9.64 Å². The van der Waals surface area contributed by atoms with Crippen molar-refractivity contribution in [3.63, 3.8) is 0 Å². The summed E-state index contributed by atoms with van der Waals surface area (Å²) in [5.74, 6) is -0.687. The zero-order valence-corrected chi connectivity index (χ0v) is 12.9.